The zero-order valence-electron chi connectivity index (χ0n) is 40.0. The molecule has 14 rings (SSSR count). The van der Waals surface area contributed by atoms with Crippen LogP contribution in [0.2, 0.25) is 0 Å². The summed E-state index contributed by atoms with van der Waals surface area (Å²) >= 11 is 0. The van der Waals surface area contributed by atoms with E-state index in [9.17, 15) is 5.26 Å². The molecule has 0 amide bonds. The van der Waals surface area contributed by atoms with Gasteiger partial charge in [-0.2, -0.15) is 5.26 Å². The van der Waals surface area contributed by atoms with E-state index < -0.39 is 0 Å². The molecule has 0 bridgehead atoms. The van der Waals surface area contributed by atoms with Gasteiger partial charge in [0, 0.05) is 16.7 Å². The van der Waals surface area contributed by atoms with Crippen molar-refractivity contribution in [2.24, 2.45) is 0 Å². The van der Waals surface area contributed by atoms with E-state index in [1.165, 1.54) is 76.8 Å². The first-order valence-electron chi connectivity index (χ1n) is 25.0. The lowest BCUT2D eigenvalue weighted by Gasteiger charge is -2.15. The summed E-state index contributed by atoms with van der Waals surface area (Å²) in [4.78, 5) is 15.1. The first-order chi connectivity index (χ1) is 36.6. The fourth-order valence-electron chi connectivity index (χ4n) is 11.2. The molecular formula is C70H42N4. The first-order valence-corrected chi connectivity index (χ1v) is 25.0. The van der Waals surface area contributed by atoms with Gasteiger partial charge in [-0.1, -0.05) is 243 Å². The van der Waals surface area contributed by atoms with Crippen molar-refractivity contribution in [2.75, 3.05) is 0 Å². The van der Waals surface area contributed by atoms with Crippen molar-refractivity contribution >= 4 is 32.3 Å². The third-order valence-corrected chi connectivity index (χ3v) is 14.8. The van der Waals surface area contributed by atoms with Crippen molar-refractivity contribution in [2.45, 2.75) is 0 Å². The van der Waals surface area contributed by atoms with Crippen LogP contribution in [-0.4, -0.2) is 15.0 Å². The molecule has 12 aromatic carbocycles. The summed E-state index contributed by atoms with van der Waals surface area (Å²) < 4.78 is 0. The SMILES string of the molecule is N#Cc1cc(-c2ccc(-c3ccccc3-c3ccc4c5c(cccc35)-c3ccccc3-4)cc2)ccc1-c1ccc(-c2nc(-c3ccccc3)nc(-c3ccc(-c4cc5ccccc5c5ccccc45)cc3)n2)cc1. The maximum absolute atomic E-state index is 10.6. The fraction of sp³-hybridized carbons (Fsp3) is 0. The Bertz CT molecular complexity index is 4370. The molecule has 13 aromatic rings. The molecule has 0 N–H and O–H groups in total. The summed E-state index contributed by atoms with van der Waals surface area (Å²) in [5, 5.41) is 18.1. The Morgan fingerprint density at radius 3 is 1.31 bits per heavy atom. The van der Waals surface area contributed by atoms with E-state index in [2.05, 4.69) is 200 Å². The van der Waals surface area contributed by atoms with Gasteiger partial charge in [0.2, 0.25) is 0 Å². The Labute approximate surface area is 428 Å². The van der Waals surface area contributed by atoms with Crippen LogP contribution in [0, 0.1) is 11.3 Å². The van der Waals surface area contributed by atoms with E-state index in [4.69, 9.17) is 15.0 Å². The second kappa shape index (κ2) is 17.6. The predicted octanol–water partition coefficient (Wildman–Crippen LogP) is 18.2. The van der Waals surface area contributed by atoms with Crippen molar-refractivity contribution in [3.05, 3.63) is 260 Å². The quantitative estimate of drug-likeness (QED) is 0.142. The Hall–Kier alpha value is -10.1. The van der Waals surface area contributed by atoms with E-state index in [1.807, 2.05) is 60.7 Å². The van der Waals surface area contributed by atoms with Gasteiger partial charge < -0.3 is 0 Å². The topological polar surface area (TPSA) is 62.5 Å². The van der Waals surface area contributed by atoms with Gasteiger partial charge in [-0.3, -0.25) is 0 Å². The van der Waals surface area contributed by atoms with E-state index in [1.54, 1.807) is 0 Å². The van der Waals surface area contributed by atoms with Gasteiger partial charge in [-0.15, -0.1) is 0 Å². The summed E-state index contributed by atoms with van der Waals surface area (Å²) in [6.07, 6.45) is 0. The molecule has 342 valence electrons. The van der Waals surface area contributed by atoms with Crippen LogP contribution in [0.4, 0.5) is 0 Å². The third kappa shape index (κ3) is 7.26. The summed E-state index contributed by atoms with van der Waals surface area (Å²) in [7, 11) is 0. The molecule has 0 fully saturated rings. The van der Waals surface area contributed by atoms with Crippen molar-refractivity contribution in [3.8, 4) is 118 Å². The van der Waals surface area contributed by atoms with Crippen LogP contribution < -0.4 is 0 Å². The van der Waals surface area contributed by atoms with E-state index in [0.717, 1.165) is 50.1 Å². The van der Waals surface area contributed by atoms with Crippen molar-refractivity contribution in [1.82, 2.24) is 15.0 Å². The Kier molecular flexibility index (Phi) is 10.2. The molecule has 0 spiro atoms. The summed E-state index contributed by atoms with van der Waals surface area (Å²) in [6.45, 7) is 0. The fourth-order valence-corrected chi connectivity index (χ4v) is 11.2. The molecule has 0 atom stereocenters. The number of fused-ring (bicyclic) bond motifs is 6. The molecule has 4 heteroatoms. The van der Waals surface area contributed by atoms with Crippen LogP contribution in [0.3, 0.4) is 0 Å². The van der Waals surface area contributed by atoms with Gasteiger partial charge in [-0.05, 0) is 122 Å². The zero-order valence-corrected chi connectivity index (χ0v) is 40.0. The van der Waals surface area contributed by atoms with Crippen molar-refractivity contribution < 1.29 is 0 Å². The lowest BCUT2D eigenvalue weighted by molar-refractivity contribution is 1.07. The number of hydrogen-bond donors (Lipinski definition) is 0. The minimum absolute atomic E-state index is 0.572. The molecule has 4 nitrogen and oxygen atoms in total. The summed E-state index contributed by atoms with van der Waals surface area (Å²) in [5.74, 6) is 1.77. The van der Waals surface area contributed by atoms with Crippen LogP contribution in [-0.2, 0) is 0 Å². The van der Waals surface area contributed by atoms with Crippen molar-refractivity contribution in [3.63, 3.8) is 0 Å². The molecule has 0 radical (unpaired) electrons. The second-order valence-corrected chi connectivity index (χ2v) is 18.9. The normalized spacial score (nSPS) is 11.5. The highest BCUT2D eigenvalue weighted by Crippen LogP contribution is 2.50. The minimum atomic E-state index is 0.572. The molecule has 74 heavy (non-hydrogen) atoms. The highest BCUT2D eigenvalue weighted by atomic mass is 15.0. The van der Waals surface area contributed by atoms with Gasteiger partial charge in [0.05, 0.1) is 11.6 Å². The first kappa shape index (κ1) is 42.8. The van der Waals surface area contributed by atoms with E-state index in [0.29, 0.717) is 23.0 Å². The van der Waals surface area contributed by atoms with Gasteiger partial charge in [-0.25, -0.2) is 15.0 Å². The number of hydrogen-bond acceptors (Lipinski definition) is 4. The lowest BCUT2D eigenvalue weighted by Crippen LogP contribution is -2.00. The van der Waals surface area contributed by atoms with Crippen LogP contribution >= 0.6 is 0 Å². The molecular weight excluding hydrogens is 897 g/mol. The number of nitrogens with zero attached hydrogens (tertiary/aromatic N) is 4. The van der Waals surface area contributed by atoms with E-state index in [-0.39, 0.29) is 0 Å². The maximum Gasteiger partial charge on any atom is 0.164 e. The van der Waals surface area contributed by atoms with Crippen LogP contribution in [0.5, 0.6) is 0 Å². The van der Waals surface area contributed by atoms with Crippen LogP contribution in [0.1, 0.15) is 5.56 Å². The standard InChI is InChI=1S/C70H42N4/c71-43-53-41-51(44-25-27-46(28-26-44)55-16-6-7-18-57(55)62-39-40-65-60-21-10-9-20-59(60)63-23-12-24-64(62)67(63)65)37-38-54(53)45-29-33-49(34-30-45)69-72-68(48-13-2-1-3-14-48)73-70(74-69)50-35-31-47(32-36-50)66-42-52-15-4-5-17-56(52)58-19-8-11-22-61(58)66/h1-42H. The van der Waals surface area contributed by atoms with Crippen molar-refractivity contribution in [1.29, 1.82) is 5.26 Å². The van der Waals surface area contributed by atoms with Crippen LogP contribution in [0.25, 0.3) is 144 Å². The molecule has 0 aliphatic heterocycles. The predicted molar refractivity (Wildman–Crippen MR) is 305 cm³/mol. The lowest BCUT2D eigenvalue weighted by atomic mass is 9.89. The number of rotatable bonds is 8. The molecule has 1 aromatic heterocycles. The monoisotopic (exact) mass is 938 g/mol. The molecule has 0 saturated heterocycles. The highest BCUT2D eigenvalue weighted by Gasteiger charge is 2.23. The average Bonchev–Trinajstić information content (AvgIpc) is 3.84. The number of aromatic nitrogens is 3. The van der Waals surface area contributed by atoms with E-state index >= 15 is 0 Å². The highest BCUT2D eigenvalue weighted by molar-refractivity contribution is 6.19. The molecule has 0 unspecified atom stereocenters. The summed E-state index contributed by atoms with van der Waals surface area (Å²) in [5.41, 5.74) is 19.3. The maximum atomic E-state index is 10.6. The Morgan fingerprint density at radius 2 is 0.662 bits per heavy atom. The summed E-state index contributed by atoms with van der Waals surface area (Å²) in [6, 6.07) is 92.2. The third-order valence-electron chi connectivity index (χ3n) is 14.8. The molecule has 1 aliphatic carbocycles. The zero-order chi connectivity index (χ0) is 49.1. The number of nitriles is 1. The van der Waals surface area contributed by atoms with Gasteiger partial charge >= 0.3 is 0 Å². The smallest absolute Gasteiger partial charge is 0.164 e. The Balaban J connectivity index is 0.752. The Morgan fingerprint density at radius 1 is 0.243 bits per heavy atom. The van der Waals surface area contributed by atoms with Gasteiger partial charge in [0.15, 0.2) is 17.5 Å². The molecule has 1 aliphatic rings. The number of benzene rings is 12. The van der Waals surface area contributed by atoms with Crippen LogP contribution in [0.15, 0.2) is 255 Å². The largest absolute Gasteiger partial charge is 0.208 e. The molecule has 1 heterocycles. The second-order valence-electron chi connectivity index (χ2n) is 18.9. The van der Waals surface area contributed by atoms with Gasteiger partial charge in [0.1, 0.15) is 0 Å². The van der Waals surface area contributed by atoms with Gasteiger partial charge in [0.25, 0.3) is 0 Å². The molecule has 0 saturated carbocycles. The average molecular weight is 939 g/mol. The minimum Gasteiger partial charge on any atom is -0.208 e.